The summed E-state index contributed by atoms with van der Waals surface area (Å²) in [6.07, 6.45) is -2.72. The van der Waals surface area contributed by atoms with E-state index in [-0.39, 0.29) is 0 Å². The Balaban J connectivity index is 1.74. The number of hydrogen-bond acceptors (Lipinski definition) is 4. The summed E-state index contributed by atoms with van der Waals surface area (Å²) in [5.74, 6) is 0.525. The number of nitriles is 1. The summed E-state index contributed by atoms with van der Waals surface area (Å²) in [7, 11) is 0. The molecule has 1 aromatic carbocycles. The normalized spacial score (nSPS) is 15.5. The van der Waals surface area contributed by atoms with Crippen molar-refractivity contribution in [2.75, 3.05) is 36.0 Å². The van der Waals surface area contributed by atoms with Crippen molar-refractivity contribution in [3.05, 3.63) is 52.7 Å². The van der Waals surface area contributed by atoms with Gasteiger partial charge in [-0.2, -0.15) is 18.4 Å². The lowest BCUT2D eigenvalue weighted by Gasteiger charge is -2.25. The van der Waals surface area contributed by atoms with Crippen molar-refractivity contribution in [1.29, 1.82) is 5.26 Å². The van der Waals surface area contributed by atoms with Crippen LogP contribution in [0.25, 0.3) is 0 Å². The monoisotopic (exact) mass is 380 g/mol. The lowest BCUT2D eigenvalue weighted by Crippen LogP contribution is -2.31. The molecule has 0 spiro atoms. The molecule has 8 heteroatoms. The number of benzene rings is 1. The SMILES string of the molecule is N#Cc1cc(Cl)ccc1N1CCCN(c2ccc(C(F)(F)F)cn2)CC1. The Morgan fingerprint density at radius 2 is 1.77 bits per heavy atom. The van der Waals surface area contributed by atoms with E-state index in [0.29, 0.717) is 36.0 Å². The van der Waals surface area contributed by atoms with Gasteiger partial charge >= 0.3 is 6.18 Å². The van der Waals surface area contributed by atoms with E-state index in [2.05, 4.69) is 16.0 Å². The lowest BCUT2D eigenvalue weighted by molar-refractivity contribution is -0.137. The molecule has 0 amide bonds. The van der Waals surface area contributed by atoms with Crippen LogP contribution in [-0.2, 0) is 6.18 Å². The maximum absolute atomic E-state index is 12.7. The average Bonchev–Trinajstić information content (AvgIpc) is 2.87. The first-order valence-electron chi connectivity index (χ1n) is 8.11. The summed E-state index contributed by atoms with van der Waals surface area (Å²) >= 11 is 5.95. The van der Waals surface area contributed by atoms with Gasteiger partial charge < -0.3 is 9.80 Å². The summed E-state index contributed by atoms with van der Waals surface area (Å²) in [5.41, 5.74) is 0.579. The first-order valence-corrected chi connectivity index (χ1v) is 8.49. The van der Waals surface area contributed by atoms with Crippen LogP contribution in [0.1, 0.15) is 17.5 Å². The first-order chi connectivity index (χ1) is 12.4. The molecule has 26 heavy (non-hydrogen) atoms. The topological polar surface area (TPSA) is 43.2 Å². The molecule has 2 heterocycles. The molecule has 0 unspecified atom stereocenters. The quantitative estimate of drug-likeness (QED) is 0.777. The highest BCUT2D eigenvalue weighted by Gasteiger charge is 2.31. The average molecular weight is 381 g/mol. The fraction of sp³-hybridized carbons (Fsp3) is 0.333. The van der Waals surface area contributed by atoms with Crippen LogP contribution in [-0.4, -0.2) is 31.2 Å². The smallest absolute Gasteiger partial charge is 0.369 e. The fourth-order valence-electron chi connectivity index (χ4n) is 3.00. The molecule has 4 nitrogen and oxygen atoms in total. The van der Waals surface area contributed by atoms with Gasteiger partial charge in [0, 0.05) is 37.4 Å². The fourth-order valence-corrected chi connectivity index (χ4v) is 3.17. The molecule has 2 aromatic rings. The largest absolute Gasteiger partial charge is 0.417 e. The Hall–Kier alpha value is -2.46. The second-order valence-electron chi connectivity index (χ2n) is 6.00. The van der Waals surface area contributed by atoms with Crippen LogP contribution < -0.4 is 9.80 Å². The predicted molar refractivity (Wildman–Crippen MR) is 94.4 cm³/mol. The number of anilines is 2. The minimum Gasteiger partial charge on any atom is -0.369 e. The number of pyridine rings is 1. The van der Waals surface area contributed by atoms with E-state index >= 15 is 0 Å². The minimum absolute atomic E-state index is 0.510. The standard InChI is InChI=1S/C18H16ClF3N4/c19-15-3-4-16(13(10-15)11-23)25-6-1-7-26(9-8-25)17-5-2-14(12-24-17)18(20,21)22/h2-5,10,12H,1,6-9H2. The van der Waals surface area contributed by atoms with Crippen molar-refractivity contribution in [2.45, 2.75) is 12.6 Å². The van der Waals surface area contributed by atoms with E-state index in [1.54, 1.807) is 12.1 Å². The van der Waals surface area contributed by atoms with Crippen molar-refractivity contribution in [1.82, 2.24) is 4.98 Å². The number of nitrogens with zero attached hydrogens (tertiary/aromatic N) is 4. The van der Waals surface area contributed by atoms with Gasteiger partial charge in [-0.25, -0.2) is 4.98 Å². The number of alkyl halides is 3. The van der Waals surface area contributed by atoms with Crippen LogP contribution >= 0.6 is 11.6 Å². The number of hydrogen-bond donors (Lipinski definition) is 0. The zero-order valence-corrected chi connectivity index (χ0v) is 14.6. The van der Waals surface area contributed by atoms with Crippen LogP contribution in [0.15, 0.2) is 36.5 Å². The Bertz CT molecular complexity index is 815. The molecule has 1 fully saturated rings. The van der Waals surface area contributed by atoms with Gasteiger partial charge in [0.25, 0.3) is 0 Å². The molecule has 0 aliphatic carbocycles. The van der Waals surface area contributed by atoms with E-state index in [4.69, 9.17) is 11.6 Å². The van der Waals surface area contributed by atoms with Gasteiger partial charge in [-0.3, -0.25) is 0 Å². The van der Waals surface area contributed by atoms with Crippen molar-refractivity contribution < 1.29 is 13.2 Å². The highest BCUT2D eigenvalue weighted by atomic mass is 35.5. The van der Waals surface area contributed by atoms with Crippen molar-refractivity contribution in [3.63, 3.8) is 0 Å². The van der Waals surface area contributed by atoms with E-state index in [9.17, 15) is 18.4 Å². The van der Waals surface area contributed by atoms with Gasteiger partial charge in [0.1, 0.15) is 11.9 Å². The van der Waals surface area contributed by atoms with Gasteiger partial charge in [0.2, 0.25) is 0 Å². The van der Waals surface area contributed by atoms with Crippen LogP contribution in [0, 0.1) is 11.3 Å². The third kappa shape index (κ3) is 4.02. The minimum atomic E-state index is -4.39. The Morgan fingerprint density at radius 3 is 2.42 bits per heavy atom. The molecule has 1 saturated heterocycles. The second-order valence-corrected chi connectivity index (χ2v) is 6.44. The maximum atomic E-state index is 12.7. The molecule has 136 valence electrons. The Labute approximate surface area is 154 Å². The van der Waals surface area contributed by atoms with Crippen molar-refractivity contribution in [2.24, 2.45) is 0 Å². The summed E-state index contributed by atoms with van der Waals surface area (Å²) in [4.78, 5) is 8.03. The molecule has 0 bridgehead atoms. The summed E-state index contributed by atoms with van der Waals surface area (Å²) in [6, 6.07) is 9.83. The van der Waals surface area contributed by atoms with Crippen molar-refractivity contribution >= 4 is 23.1 Å². The van der Waals surface area contributed by atoms with E-state index in [0.717, 1.165) is 30.9 Å². The highest BCUT2D eigenvalue weighted by Crippen LogP contribution is 2.30. The van der Waals surface area contributed by atoms with Gasteiger partial charge in [0.15, 0.2) is 0 Å². The molecule has 1 aromatic heterocycles. The van der Waals surface area contributed by atoms with Crippen molar-refractivity contribution in [3.8, 4) is 6.07 Å². The first kappa shape index (κ1) is 18.3. The zero-order valence-electron chi connectivity index (χ0n) is 13.8. The second kappa shape index (κ2) is 7.42. The highest BCUT2D eigenvalue weighted by molar-refractivity contribution is 6.30. The molecule has 1 aliphatic heterocycles. The van der Waals surface area contributed by atoms with Crippen LogP contribution in [0.2, 0.25) is 5.02 Å². The van der Waals surface area contributed by atoms with E-state index < -0.39 is 11.7 Å². The zero-order chi connectivity index (χ0) is 18.7. The lowest BCUT2D eigenvalue weighted by atomic mass is 10.1. The number of halogens is 4. The molecular formula is C18H16ClF3N4. The maximum Gasteiger partial charge on any atom is 0.417 e. The number of aromatic nitrogens is 1. The van der Waals surface area contributed by atoms with Gasteiger partial charge in [-0.05, 0) is 36.8 Å². The molecule has 0 N–H and O–H groups in total. The Kier molecular flexibility index (Phi) is 5.23. The van der Waals surface area contributed by atoms with Crippen LogP contribution in [0.5, 0.6) is 0 Å². The molecule has 3 rings (SSSR count). The predicted octanol–water partition coefficient (Wildman–Crippen LogP) is 4.34. The van der Waals surface area contributed by atoms with E-state index in [1.165, 1.54) is 6.07 Å². The van der Waals surface area contributed by atoms with Crippen LogP contribution in [0.3, 0.4) is 0 Å². The number of rotatable bonds is 2. The molecular weight excluding hydrogens is 365 g/mol. The van der Waals surface area contributed by atoms with Gasteiger partial charge in [-0.1, -0.05) is 11.6 Å². The third-order valence-electron chi connectivity index (χ3n) is 4.31. The van der Waals surface area contributed by atoms with Crippen LogP contribution in [0.4, 0.5) is 24.7 Å². The Morgan fingerprint density at radius 1 is 1.04 bits per heavy atom. The molecule has 0 radical (unpaired) electrons. The molecule has 1 aliphatic rings. The van der Waals surface area contributed by atoms with Gasteiger partial charge in [0.05, 0.1) is 16.8 Å². The summed E-state index contributed by atoms with van der Waals surface area (Å²) < 4.78 is 38.0. The summed E-state index contributed by atoms with van der Waals surface area (Å²) in [5, 5.41) is 9.83. The molecule has 0 atom stereocenters. The summed E-state index contributed by atoms with van der Waals surface area (Å²) in [6.45, 7) is 2.67. The van der Waals surface area contributed by atoms with Gasteiger partial charge in [-0.15, -0.1) is 0 Å². The molecule has 0 saturated carbocycles. The van der Waals surface area contributed by atoms with E-state index in [1.807, 2.05) is 11.0 Å². The third-order valence-corrected chi connectivity index (χ3v) is 4.55.